The van der Waals surface area contributed by atoms with Gasteiger partial charge in [0.15, 0.2) is 23.2 Å². The van der Waals surface area contributed by atoms with Gasteiger partial charge in [0.1, 0.15) is 71.0 Å². The fourth-order valence-corrected chi connectivity index (χ4v) is 5.37. The first-order valence-electron chi connectivity index (χ1n) is 15.0. The van der Waals surface area contributed by atoms with Gasteiger partial charge in [0, 0.05) is 37.6 Å². The van der Waals surface area contributed by atoms with Gasteiger partial charge in [0.2, 0.25) is 6.29 Å². The lowest BCUT2D eigenvalue weighted by atomic mass is 9.98. The molecule has 266 valence electrons. The molecule has 1 aromatic heterocycles. The van der Waals surface area contributed by atoms with Gasteiger partial charge in [-0.3, -0.25) is 14.4 Å². The highest BCUT2D eigenvalue weighted by Crippen LogP contribution is 2.37. The molecule has 17 heteroatoms. The van der Waals surface area contributed by atoms with Crippen LogP contribution >= 0.6 is 0 Å². The fraction of sp³-hybridized carbons (Fsp3) is 0.469. The number of hydrogen-bond acceptors (Lipinski definition) is 17. The van der Waals surface area contributed by atoms with Crippen LogP contribution in [0.25, 0.3) is 22.3 Å². The Hall–Kier alpha value is -4.17. The van der Waals surface area contributed by atoms with Crippen molar-refractivity contribution < 1.29 is 77.8 Å². The molecule has 0 saturated carbocycles. The van der Waals surface area contributed by atoms with Crippen molar-refractivity contribution in [1.82, 2.24) is 0 Å². The zero-order valence-electron chi connectivity index (χ0n) is 26.6. The summed E-state index contributed by atoms with van der Waals surface area (Å²) in [6.07, 6.45) is -15.4. The molecule has 6 N–H and O–H groups in total. The van der Waals surface area contributed by atoms with Crippen molar-refractivity contribution in [2.24, 2.45) is 0 Å². The first-order chi connectivity index (χ1) is 23.2. The lowest BCUT2D eigenvalue weighted by Crippen LogP contribution is -2.61. The molecule has 2 aromatic carbocycles. The summed E-state index contributed by atoms with van der Waals surface area (Å²) in [5.41, 5.74) is -0.441. The van der Waals surface area contributed by atoms with Crippen LogP contribution in [0.3, 0.4) is 0 Å². The van der Waals surface area contributed by atoms with Gasteiger partial charge in [-0.25, -0.2) is 0 Å². The number of benzene rings is 2. The number of aliphatic hydroxyl groups excluding tert-OH is 6. The van der Waals surface area contributed by atoms with Gasteiger partial charge < -0.3 is 68.2 Å². The topological polar surface area (TPSA) is 250 Å². The Bertz CT molecular complexity index is 1740. The van der Waals surface area contributed by atoms with Gasteiger partial charge in [-0.2, -0.15) is 0 Å². The van der Waals surface area contributed by atoms with E-state index in [0.717, 1.165) is 19.1 Å². The Labute approximate surface area is 277 Å². The molecule has 17 nitrogen and oxygen atoms in total. The van der Waals surface area contributed by atoms with Crippen LogP contribution in [0, 0.1) is 0 Å². The molecule has 0 aliphatic carbocycles. The smallest absolute Gasteiger partial charge is 0.308 e. The minimum atomic E-state index is -1.83. The first-order valence-corrected chi connectivity index (χ1v) is 15.0. The number of rotatable bonds is 9. The van der Waals surface area contributed by atoms with Gasteiger partial charge in [0.05, 0.1) is 19.8 Å². The van der Waals surface area contributed by atoms with Gasteiger partial charge in [-0.05, 0) is 25.1 Å². The van der Waals surface area contributed by atoms with Crippen molar-refractivity contribution in [2.45, 2.75) is 82.2 Å². The van der Waals surface area contributed by atoms with Crippen molar-refractivity contribution in [3.05, 3.63) is 46.6 Å². The van der Waals surface area contributed by atoms with E-state index in [-0.39, 0.29) is 39.7 Å². The van der Waals surface area contributed by atoms with Crippen molar-refractivity contribution in [1.29, 1.82) is 0 Å². The van der Waals surface area contributed by atoms with Crippen LogP contribution in [0.1, 0.15) is 20.8 Å². The Morgan fingerprint density at radius 3 is 2.08 bits per heavy atom. The number of carbonyl (C=O) groups excluding carboxylic acids is 2. The summed E-state index contributed by atoms with van der Waals surface area (Å²) in [5.74, 6) is -1.51. The van der Waals surface area contributed by atoms with Crippen LogP contribution in [-0.4, -0.2) is 118 Å². The largest absolute Gasteiger partial charge is 0.493 e. The van der Waals surface area contributed by atoms with Crippen LogP contribution < -0.4 is 24.4 Å². The Balaban J connectivity index is 1.44. The van der Waals surface area contributed by atoms with E-state index in [1.54, 1.807) is 6.07 Å². The Kier molecular flexibility index (Phi) is 10.9. The summed E-state index contributed by atoms with van der Waals surface area (Å²) in [6, 6.07) is 8.00. The maximum absolute atomic E-state index is 13.3. The third-order valence-corrected chi connectivity index (χ3v) is 7.88. The lowest BCUT2D eigenvalue weighted by Gasteiger charge is -2.42. The van der Waals surface area contributed by atoms with Crippen LogP contribution in [0.2, 0.25) is 0 Å². The molecule has 0 amide bonds. The maximum Gasteiger partial charge on any atom is 0.308 e. The monoisotopic (exact) mass is 692 g/mol. The summed E-state index contributed by atoms with van der Waals surface area (Å²) in [4.78, 5) is 36.9. The molecular weight excluding hydrogens is 656 g/mol. The molecule has 3 aromatic rings. The first kappa shape index (κ1) is 36.1. The van der Waals surface area contributed by atoms with Crippen molar-refractivity contribution in [2.75, 3.05) is 13.7 Å². The summed E-state index contributed by atoms with van der Waals surface area (Å²) in [5, 5.41) is 62.0. The molecule has 0 radical (unpaired) electrons. The molecule has 10 atom stereocenters. The zero-order chi connectivity index (χ0) is 35.7. The molecule has 0 bridgehead atoms. The molecule has 5 rings (SSSR count). The second kappa shape index (κ2) is 14.8. The van der Waals surface area contributed by atoms with Gasteiger partial charge in [-0.1, -0.05) is 0 Å². The van der Waals surface area contributed by atoms with E-state index in [1.807, 2.05) is 0 Å². The highest BCUT2D eigenvalue weighted by Gasteiger charge is 2.47. The summed E-state index contributed by atoms with van der Waals surface area (Å²) in [6.45, 7) is 3.22. The highest BCUT2D eigenvalue weighted by atomic mass is 16.7. The second-order valence-electron chi connectivity index (χ2n) is 11.5. The predicted molar refractivity (Wildman–Crippen MR) is 163 cm³/mol. The minimum absolute atomic E-state index is 0.0169. The van der Waals surface area contributed by atoms with E-state index < -0.39 is 85.4 Å². The zero-order valence-corrected chi connectivity index (χ0v) is 26.6. The predicted octanol–water partition coefficient (Wildman–Crippen LogP) is -0.650. The Morgan fingerprint density at radius 2 is 1.41 bits per heavy atom. The SMILES string of the molecule is COc1ccc(-c2cc(=O)c3c(OC(C)=O)cc(OC4OC(COC5OC(C)C(O)C(O)C5O)C(O)C(O)C4O)cc3o2)cc1OC(C)=O. The second-order valence-corrected chi connectivity index (χ2v) is 11.5. The number of fused-ring (bicyclic) bond motifs is 1. The standard InChI is InChI=1S/C32H36O17/c1-12-25(36)27(38)29(40)31(44-12)43-11-23-26(37)28(39)30(41)32(49-23)47-16-8-21(46-14(3)34)24-17(35)10-19(48-22(24)9-16)15-5-6-18(42-4)20(7-15)45-13(2)33/h5-10,12,23,25-32,36-41H,11H2,1-4H3. The number of methoxy groups -OCH3 is 1. The summed E-state index contributed by atoms with van der Waals surface area (Å²) in [7, 11) is 1.38. The molecule has 2 aliphatic heterocycles. The van der Waals surface area contributed by atoms with E-state index >= 15 is 0 Å². The van der Waals surface area contributed by atoms with Gasteiger partial charge in [0.25, 0.3) is 0 Å². The minimum Gasteiger partial charge on any atom is -0.493 e. The van der Waals surface area contributed by atoms with E-state index in [9.17, 15) is 45.0 Å². The van der Waals surface area contributed by atoms with Crippen LogP contribution in [0.15, 0.2) is 45.6 Å². The van der Waals surface area contributed by atoms with E-state index in [0.29, 0.717) is 5.56 Å². The van der Waals surface area contributed by atoms with E-state index in [4.69, 9.17) is 37.6 Å². The van der Waals surface area contributed by atoms with Crippen molar-refractivity contribution >= 4 is 22.9 Å². The molecule has 2 aliphatic rings. The normalized spacial score (nSPS) is 30.1. The molecule has 3 heterocycles. The molecule has 10 unspecified atom stereocenters. The molecule has 2 fully saturated rings. The number of carbonyl (C=O) groups is 2. The van der Waals surface area contributed by atoms with E-state index in [2.05, 4.69) is 0 Å². The lowest BCUT2D eigenvalue weighted by molar-refractivity contribution is -0.318. The summed E-state index contributed by atoms with van der Waals surface area (Å²) < 4.78 is 44.1. The highest BCUT2D eigenvalue weighted by molar-refractivity contribution is 5.89. The average molecular weight is 693 g/mol. The molecule has 2 saturated heterocycles. The van der Waals surface area contributed by atoms with E-state index in [1.165, 1.54) is 39.2 Å². The van der Waals surface area contributed by atoms with Crippen LogP contribution in [-0.2, 0) is 23.8 Å². The quantitative estimate of drug-likeness (QED) is 0.120. The van der Waals surface area contributed by atoms with Crippen LogP contribution in [0.5, 0.6) is 23.0 Å². The molecule has 49 heavy (non-hydrogen) atoms. The average Bonchev–Trinajstić information content (AvgIpc) is 3.04. The van der Waals surface area contributed by atoms with Crippen molar-refractivity contribution in [3.63, 3.8) is 0 Å². The third-order valence-electron chi connectivity index (χ3n) is 7.88. The maximum atomic E-state index is 13.3. The Morgan fingerprint density at radius 1 is 0.755 bits per heavy atom. The summed E-state index contributed by atoms with van der Waals surface area (Å²) >= 11 is 0. The number of esters is 2. The molecule has 0 spiro atoms. The van der Waals surface area contributed by atoms with Crippen LogP contribution in [0.4, 0.5) is 0 Å². The van der Waals surface area contributed by atoms with Gasteiger partial charge in [-0.15, -0.1) is 0 Å². The van der Waals surface area contributed by atoms with Crippen molar-refractivity contribution in [3.8, 4) is 34.3 Å². The number of aliphatic hydroxyl groups is 6. The number of hydrogen-bond donors (Lipinski definition) is 6. The molecular formula is C32H36O17. The number of ether oxygens (including phenoxy) is 7. The third kappa shape index (κ3) is 7.70. The fourth-order valence-electron chi connectivity index (χ4n) is 5.37. The van der Waals surface area contributed by atoms with Gasteiger partial charge >= 0.3 is 11.9 Å².